The van der Waals surface area contributed by atoms with Gasteiger partial charge in [-0.15, -0.1) is 0 Å². The number of hydrogen-bond acceptors (Lipinski definition) is 7. The number of ether oxygens (including phenoxy) is 4. The summed E-state index contributed by atoms with van der Waals surface area (Å²) >= 11 is 0. The molecule has 0 radical (unpaired) electrons. The third-order valence-electron chi connectivity index (χ3n) is 4.46. The molecule has 0 saturated heterocycles. The van der Waals surface area contributed by atoms with Crippen LogP contribution in [0.25, 0.3) is 11.8 Å². The summed E-state index contributed by atoms with van der Waals surface area (Å²) < 4.78 is 23.1. The summed E-state index contributed by atoms with van der Waals surface area (Å²) in [5.74, 6) is 0.921. The zero-order valence-electron chi connectivity index (χ0n) is 16.7. The summed E-state index contributed by atoms with van der Waals surface area (Å²) in [6.07, 6.45) is 5.09. The highest BCUT2D eigenvalue weighted by atomic mass is 16.6. The first-order chi connectivity index (χ1) is 14.6. The van der Waals surface area contributed by atoms with Crippen LogP contribution in [0.15, 0.2) is 65.5 Å². The number of benzene rings is 2. The minimum atomic E-state index is -0.550. The number of aromatic nitrogens is 2. The van der Waals surface area contributed by atoms with E-state index in [0.717, 1.165) is 11.3 Å². The largest absolute Gasteiger partial charge is 0.493 e. The molecule has 8 heteroatoms. The third kappa shape index (κ3) is 3.62. The lowest BCUT2D eigenvalue weighted by Gasteiger charge is -2.13. The lowest BCUT2D eigenvalue weighted by atomic mass is 10.1. The average Bonchev–Trinajstić information content (AvgIpc) is 3.40. The molecular formula is C22H19N3O5. The van der Waals surface area contributed by atoms with Crippen molar-refractivity contribution in [3.8, 4) is 22.9 Å². The highest BCUT2D eigenvalue weighted by molar-refractivity contribution is 6.13. The number of carbonyl (C=O) groups is 1. The Bertz CT molecular complexity index is 1120. The molecule has 1 aromatic heterocycles. The van der Waals surface area contributed by atoms with E-state index < -0.39 is 5.97 Å². The molecule has 2 heterocycles. The summed E-state index contributed by atoms with van der Waals surface area (Å²) in [6.45, 7) is 0. The molecule has 3 aromatic rings. The molecule has 0 aliphatic carbocycles. The molecule has 0 saturated carbocycles. The molecule has 2 aromatic carbocycles. The molecule has 1 aliphatic heterocycles. The number of carbonyl (C=O) groups excluding carboxylic acids is 1. The number of methoxy groups -OCH3 is 3. The topological polar surface area (TPSA) is 84.2 Å². The molecule has 0 fully saturated rings. The van der Waals surface area contributed by atoms with Crippen LogP contribution in [0.2, 0.25) is 0 Å². The van der Waals surface area contributed by atoms with Gasteiger partial charge in [-0.25, -0.2) is 14.5 Å². The molecule has 0 unspecified atom stereocenters. The van der Waals surface area contributed by atoms with Crippen LogP contribution in [0.3, 0.4) is 0 Å². The van der Waals surface area contributed by atoms with Crippen LogP contribution in [-0.2, 0) is 9.53 Å². The molecule has 152 valence electrons. The van der Waals surface area contributed by atoms with Crippen molar-refractivity contribution >= 4 is 17.9 Å². The SMILES string of the molecule is COc1cc(C2=N/C(=C/c3cnn(-c4ccccc4)c3)C(=O)O2)cc(OC)c1OC. The van der Waals surface area contributed by atoms with Gasteiger partial charge in [0.15, 0.2) is 17.2 Å². The lowest BCUT2D eigenvalue weighted by molar-refractivity contribution is -0.129. The minimum absolute atomic E-state index is 0.154. The van der Waals surface area contributed by atoms with Gasteiger partial charge in [0.2, 0.25) is 11.6 Å². The molecule has 0 N–H and O–H groups in total. The molecule has 0 atom stereocenters. The Morgan fingerprint density at radius 2 is 1.70 bits per heavy atom. The van der Waals surface area contributed by atoms with Crippen molar-refractivity contribution in [2.45, 2.75) is 0 Å². The van der Waals surface area contributed by atoms with Gasteiger partial charge in [0.1, 0.15) is 0 Å². The van der Waals surface area contributed by atoms with E-state index in [1.54, 1.807) is 29.1 Å². The average molecular weight is 405 g/mol. The second-order valence-corrected chi connectivity index (χ2v) is 6.30. The molecule has 1 aliphatic rings. The summed E-state index contributed by atoms with van der Waals surface area (Å²) in [4.78, 5) is 16.7. The maximum absolute atomic E-state index is 12.4. The zero-order chi connectivity index (χ0) is 21.1. The van der Waals surface area contributed by atoms with Crippen molar-refractivity contribution in [1.29, 1.82) is 0 Å². The maximum atomic E-state index is 12.4. The molecule has 0 amide bonds. The van der Waals surface area contributed by atoms with Crippen molar-refractivity contribution in [3.05, 3.63) is 71.7 Å². The van der Waals surface area contributed by atoms with E-state index in [2.05, 4.69) is 10.1 Å². The molecule has 0 bridgehead atoms. The molecule has 8 nitrogen and oxygen atoms in total. The van der Waals surface area contributed by atoms with Gasteiger partial charge < -0.3 is 18.9 Å². The Kier molecular flexibility index (Phi) is 5.21. The number of aliphatic imine (C=N–C) groups is 1. The van der Waals surface area contributed by atoms with Crippen LogP contribution in [0.5, 0.6) is 17.2 Å². The number of nitrogens with zero attached hydrogens (tertiary/aromatic N) is 3. The summed E-state index contributed by atoms with van der Waals surface area (Å²) in [5, 5.41) is 4.32. The molecular weight excluding hydrogens is 386 g/mol. The van der Waals surface area contributed by atoms with Crippen molar-refractivity contribution in [3.63, 3.8) is 0 Å². The quantitative estimate of drug-likeness (QED) is 0.462. The standard InChI is InChI=1S/C22H19N3O5/c1-27-18-10-15(11-19(28-2)20(18)29-3)21-24-17(22(26)30-21)9-14-12-23-25(13-14)16-7-5-4-6-8-16/h4-13H,1-3H3/b17-9+. The van der Waals surface area contributed by atoms with Crippen molar-refractivity contribution < 1.29 is 23.7 Å². The highest BCUT2D eigenvalue weighted by Crippen LogP contribution is 2.39. The van der Waals surface area contributed by atoms with Crippen LogP contribution in [0.1, 0.15) is 11.1 Å². The second kappa shape index (κ2) is 8.12. The van der Waals surface area contributed by atoms with Gasteiger partial charge in [-0.3, -0.25) is 0 Å². The van der Waals surface area contributed by atoms with Crippen molar-refractivity contribution in [2.75, 3.05) is 21.3 Å². The van der Waals surface area contributed by atoms with Crippen LogP contribution in [0, 0.1) is 0 Å². The minimum Gasteiger partial charge on any atom is -0.493 e. The fraction of sp³-hybridized carbons (Fsp3) is 0.136. The number of esters is 1. The van der Waals surface area contributed by atoms with E-state index in [1.165, 1.54) is 21.3 Å². The fourth-order valence-corrected chi connectivity index (χ4v) is 3.03. The third-order valence-corrected chi connectivity index (χ3v) is 4.46. The fourth-order valence-electron chi connectivity index (χ4n) is 3.03. The van der Waals surface area contributed by atoms with Gasteiger partial charge in [-0.05, 0) is 30.3 Å². The Labute approximate surface area is 173 Å². The molecule has 30 heavy (non-hydrogen) atoms. The summed E-state index contributed by atoms with van der Waals surface area (Å²) in [5.41, 5.74) is 2.34. The van der Waals surface area contributed by atoms with Crippen LogP contribution in [0.4, 0.5) is 0 Å². The van der Waals surface area contributed by atoms with E-state index in [-0.39, 0.29) is 11.6 Å². The van der Waals surface area contributed by atoms with E-state index in [4.69, 9.17) is 18.9 Å². The summed E-state index contributed by atoms with van der Waals surface area (Å²) in [6, 6.07) is 13.0. The van der Waals surface area contributed by atoms with Gasteiger partial charge in [0.25, 0.3) is 0 Å². The first-order valence-electron chi connectivity index (χ1n) is 9.06. The Hall–Kier alpha value is -4.07. The number of cyclic esters (lactones) is 1. The van der Waals surface area contributed by atoms with Gasteiger partial charge in [0.05, 0.1) is 33.2 Å². The van der Waals surface area contributed by atoms with E-state index in [0.29, 0.717) is 22.8 Å². The summed E-state index contributed by atoms with van der Waals surface area (Å²) in [7, 11) is 4.54. The van der Waals surface area contributed by atoms with E-state index in [1.807, 2.05) is 36.5 Å². The van der Waals surface area contributed by atoms with Crippen LogP contribution >= 0.6 is 0 Å². The highest BCUT2D eigenvalue weighted by Gasteiger charge is 2.26. The normalized spacial score (nSPS) is 14.4. The Morgan fingerprint density at radius 3 is 2.33 bits per heavy atom. The van der Waals surface area contributed by atoms with Crippen LogP contribution < -0.4 is 14.2 Å². The van der Waals surface area contributed by atoms with E-state index >= 15 is 0 Å². The predicted molar refractivity (Wildman–Crippen MR) is 110 cm³/mol. The number of para-hydroxylation sites is 1. The first-order valence-corrected chi connectivity index (χ1v) is 9.06. The second-order valence-electron chi connectivity index (χ2n) is 6.30. The van der Waals surface area contributed by atoms with Gasteiger partial charge in [-0.2, -0.15) is 5.10 Å². The number of rotatable bonds is 6. The van der Waals surface area contributed by atoms with Gasteiger partial charge in [-0.1, -0.05) is 18.2 Å². The first kappa shape index (κ1) is 19.3. The van der Waals surface area contributed by atoms with Crippen molar-refractivity contribution in [1.82, 2.24) is 9.78 Å². The zero-order valence-corrected chi connectivity index (χ0v) is 16.7. The predicted octanol–water partition coefficient (Wildman–Crippen LogP) is 3.24. The number of hydrogen-bond donors (Lipinski definition) is 0. The lowest BCUT2D eigenvalue weighted by Crippen LogP contribution is -2.06. The van der Waals surface area contributed by atoms with E-state index in [9.17, 15) is 4.79 Å². The molecule has 4 rings (SSSR count). The smallest absolute Gasteiger partial charge is 0.363 e. The van der Waals surface area contributed by atoms with Gasteiger partial charge >= 0.3 is 5.97 Å². The van der Waals surface area contributed by atoms with Crippen molar-refractivity contribution in [2.24, 2.45) is 4.99 Å². The Balaban J connectivity index is 1.66. The Morgan fingerprint density at radius 1 is 1.00 bits per heavy atom. The molecule has 0 spiro atoms. The monoisotopic (exact) mass is 405 g/mol. The van der Waals surface area contributed by atoms with Crippen LogP contribution in [-0.4, -0.2) is 43.0 Å². The van der Waals surface area contributed by atoms with Gasteiger partial charge in [0, 0.05) is 17.3 Å². The maximum Gasteiger partial charge on any atom is 0.363 e.